The molecule has 1 atom stereocenters. The molecule has 5 rings (SSSR count). The zero-order valence-electron chi connectivity index (χ0n) is 19.0. The minimum Gasteiger partial charge on any atom is -0.353 e. The van der Waals surface area contributed by atoms with Crippen LogP contribution < -0.4 is 15.1 Å². The first-order valence-corrected chi connectivity index (χ1v) is 11.1. The van der Waals surface area contributed by atoms with Gasteiger partial charge in [0.05, 0.1) is 23.6 Å². The van der Waals surface area contributed by atoms with Crippen molar-refractivity contribution in [2.45, 2.75) is 19.9 Å². The lowest BCUT2D eigenvalue weighted by atomic mass is 10.2. The van der Waals surface area contributed by atoms with E-state index in [4.69, 9.17) is 0 Å². The molecule has 4 aromatic rings. The quantitative estimate of drug-likeness (QED) is 0.490. The summed E-state index contributed by atoms with van der Waals surface area (Å²) in [5, 5.41) is 2.83. The van der Waals surface area contributed by atoms with Crippen LogP contribution >= 0.6 is 0 Å². The van der Waals surface area contributed by atoms with Crippen molar-refractivity contribution < 1.29 is 4.79 Å². The Kier molecular flexibility index (Phi) is 5.86. The SMILES string of the molecule is Cc1cccc(N2CCN(c3ncc(NC(=O)c4ccc(-n5ccnc5)nc4)cn3)[C@@H](C)C2)n1. The van der Waals surface area contributed by atoms with Crippen LogP contribution in [0.2, 0.25) is 0 Å². The summed E-state index contributed by atoms with van der Waals surface area (Å²) in [5.74, 6) is 2.06. The average Bonchev–Trinajstić information content (AvgIpc) is 3.40. The molecule has 10 heteroatoms. The highest BCUT2D eigenvalue weighted by molar-refractivity contribution is 6.03. The fourth-order valence-corrected chi connectivity index (χ4v) is 3.97. The van der Waals surface area contributed by atoms with Crippen LogP contribution in [-0.2, 0) is 0 Å². The molecule has 10 nitrogen and oxygen atoms in total. The molecular formula is C24H25N9O. The van der Waals surface area contributed by atoms with Crippen LogP contribution in [0.25, 0.3) is 5.82 Å². The summed E-state index contributed by atoms with van der Waals surface area (Å²) in [6.07, 6.45) is 9.92. The molecule has 5 heterocycles. The van der Waals surface area contributed by atoms with Gasteiger partial charge < -0.3 is 15.1 Å². The van der Waals surface area contributed by atoms with Crippen LogP contribution in [0, 0.1) is 6.92 Å². The molecule has 0 radical (unpaired) electrons. The minimum atomic E-state index is -0.270. The normalized spacial score (nSPS) is 15.9. The van der Waals surface area contributed by atoms with Gasteiger partial charge in [-0.1, -0.05) is 6.07 Å². The van der Waals surface area contributed by atoms with Gasteiger partial charge >= 0.3 is 0 Å². The van der Waals surface area contributed by atoms with Gasteiger partial charge in [0.15, 0.2) is 0 Å². The largest absolute Gasteiger partial charge is 0.353 e. The highest BCUT2D eigenvalue weighted by Gasteiger charge is 2.26. The summed E-state index contributed by atoms with van der Waals surface area (Å²) >= 11 is 0. The molecule has 4 aromatic heterocycles. The van der Waals surface area contributed by atoms with E-state index in [2.05, 4.69) is 47.0 Å². The number of nitrogens with zero attached hydrogens (tertiary/aromatic N) is 8. The van der Waals surface area contributed by atoms with Gasteiger partial charge in [-0.25, -0.2) is 24.9 Å². The van der Waals surface area contributed by atoms with Crippen LogP contribution in [0.3, 0.4) is 0 Å². The standard InChI is InChI=1S/C24H25N9O/c1-17-4-3-5-22(29-17)31-10-11-33(18(2)15-31)24-27-13-20(14-28-24)30-23(34)19-6-7-21(26-12-19)32-9-8-25-16-32/h3-9,12-14,16,18H,10-11,15H2,1-2H3,(H,30,34)/t18-/m0/s1. The third-order valence-corrected chi connectivity index (χ3v) is 5.76. The van der Waals surface area contributed by atoms with E-state index in [9.17, 15) is 4.79 Å². The van der Waals surface area contributed by atoms with E-state index in [1.807, 2.05) is 25.1 Å². The van der Waals surface area contributed by atoms with E-state index in [-0.39, 0.29) is 11.9 Å². The molecule has 1 aliphatic rings. The molecule has 0 aromatic carbocycles. The summed E-state index contributed by atoms with van der Waals surface area (Å²) in [5.41, 5.74) is 1.99. The summed E-state index contributed by atoms with van der Waals surface area (Å²) in [6.45, 7) is 6.62. The third kappa shape index (κ3) is 4.56. The number of carbonyl (C=O) groups is 1. The minimum absolute atomic E-state index is 0.219. The van der Waals surface area contributed by atoms with Crippen molar-refractivity contribution in [1.29, 1.82) is 0 Å². The Balaban J connectivity index is 1.20. The first kappa shape index (κ1) is 21.5. The molecule has 1 aliphatic heterocycles. The number of rotatable bonds is 5. The molecule has 0 aliphatic carbocycles. The van der Waals surface area contributed by atoms with Crippen molar-refractivity contribution in [3.05, 3.63) is 78.9 Å². The monoisotopic (exact) mass is 455 g/mol. The van der Waals surface area contributed by atoms with Gasteiger partial charge in [-0.15, -0.1) is 0 Å². The maximum atomic E-state index is 12.6. The van der Waals surface area contributed by atoms with Gasteiger partial charge in [0.25, 0.3) is 5.91 Å². The molecule has 0 bridgehead atoms. The Hall–Kier alpha value is -4.34. The number of hydrogen-bond donors (Lipinski definition) is 1. The van der Waals surface area contributed by atoms with Crippen molar-refractivity contribution in [2.24, 2.45) is 0 Å². The third-order valence-electron chi connectivity index (χ3n) is 5.76. The molecule has 1 fully saturated rings. The van der Waals surface area contributed by atoms with Crippen LogP contribution in [0.5, 0.6) is 0 Å². The van der Waals surface area contributed by atoms with Gasteiger partial charge in [0.1, 0.15) is 18.0 Å². The van der Waals surface area contributed by atoms with Crippen LogP contribution in [0.15, 0.2) is 67.6 Å². The van der Waals surface area contributed by atoms with Gasteiger partial charge in [-0.3, -0.25) is 9.36 Å². The maximum Gasteiger partial charge on any atom is 0.257 e. The first-order chi connectivity index (χ1) is 16.6. The highest BCUT2D eigenvalue weighted by Crippen LogP contribution is 2.21. The van der Waals surface area contributed by atoms with Gasteiger partial charge in [-0.05, 0) is 38.1 Å². The molecule has 34 heavy (non-hydrogen) atoms. The smallest absolute Gasteiger partial charge is 0.257 e. The van der Waals surface area contributed by atoms with Gasteiger partial charge in [0, 0.05) is 50.0 Å². The van der Waals surface area contributed by atoms with E-state index >= 15 is 0 Å². The Labute approximate surface area is 197 Å². The van der Waals surface area contributed by atoms with E-state index in [1.54, 1.807) is 47.8 Å². The Morgan fingerprint density at radius 3 is 2.56 bits per heavy atom. The number of aryl methyl sites for hydroxylation is 1. The highest BCUT2D eigenvalue weighted by atomic mass is 16.1. The number of anilines is 3. The predicted octanol–water partition coefficient (Wildman–Crippen LogP) is 2.73. The van der Waals surface area contributed by atoms with Crippen molar-refractivity contribution in [3.8, 4) is 5.82 Å². The molecular weight excluding hydrogens is 430 g/mol. The zero-order valence-corrected chi connectivity index (χ0v) is 19.0. The number of aromatic nitrogens is 6. The second-order valence-electron chi connectivity index (χ2n) is 8.23. The predicted molar refractivity (Wildman–Crippen MR) is 129 cm³/mol. The molecule has 0 spiro atoms. The number of nitrogens with one attached hydrogen (secondary N) is 1. The summed E-state index contributed by atoms with van der Waals surface area (Å²) in [7, 11) is 0. The number of piperazine rings is 1. The Bertz CT molecular complexity index is 1260. The summed E-state index contributed by atoms with van der Waals surface area (Å²) < 4.78 is 1.77. The van der Waals surface area contributed by atoms with Crippen molar-refractivity contribution >= 4 is 23.4 Å². The lowest BCUT2D eigenvalue weighted by molar-refractivity contribution is 0.102. The van der Waals surface area contributed by atoms with Crippen molar-refractivity contribution in [2.75, 3.05) is 34.8 Å². The number of amides is 1. The molecule has 172 valence electrons. The van der Waals surface area contributed by atoms with Gasteiger partial charge in [-0.2, -0.15) is 0 Å². The number of carbonyl (C=O) groups excluding carboxylic acids is 1. The molecule has 1 amide bonds. The second-order valence-corrected chi connectivity index (χ2v) is 8.23. The molecule has 1 N–H and O–H groups in total. The lowest BCUT2D eigenvalue weighted by Crippen LogP contribution is -2.53. The number of pyridine rings is 2. The van der Waals surface area contributed by atoms with E-state index < -0.39 is 0 Å². The molecule has 1 saturated heterocycles. The number of imidazole rings is 1. The van der Waals surface area contributed by atoms with E-state index in [0.29, 0.717) is 23.0 Å². The first-order valence-electron chi connectivity index (χ1n) is 11.1. The average molecular weight is 456 g/mol. The fraction of sp³-hybridized carbons (Fsp3) is 0.250. The van der Waals surface area contributed by atoms with Crippen molar-refractivity contribution in [1.82, 2.24) is 29.5 Å². The zero-order chi connectivity index (χ0) is 23.5. The van der Waals surface area contributed by atoms with Crippen molar-refractivity contribution in [3.63, 3.8) is 0 Å². The van der Waals surface area contributed by atoms with E-state index in [0.717, 1.165) is 31.1 Å². The topological polar surface area (TPSA) is 105 Å². The fourth-order valence-electron chi connectivity index (χ4n) is 3.97. The van der Waals surface area contributed by atoms with Crippen LogP contribution in [-0.4, -0.2) is 61.1 Å². The summed E-state index contributed by atoms with van der Waals surface area (Å²) in [6, 6.07) is 9.79. The molecule has 0 unspecified atom stereocenters. The Morgan fingerprint density at radius 2 is 1.88 bits per heavy atom. The Morgan fingerprint density at radius 1 is 1.03 bits per heavy atom. The maximum absolute atomic E-state index is 12.6. The second kappa shape index (κ2) is 9.26. The molecule has 0 saturated carbocycles. The lowest BCUT2D eigenvalue weighted by Gasteiger charge is -2.40. The van der Waals surface area contributed by atoms with E-state index in [1.165, 1.54) is 6.20 Å². The number of hydrogen-bond acceptors (Lipinski definition) is 8. The van der Waals surface area contributed by atoms with Gasteiger partial charge in [0.2, 0.25) is 5.95 Å². The van der Waals surface area contributed by atoms with Crippen LogP contribution in [0.4, 0.5) is 17.5 Å². The van der Waals surface area contributed by atoms with Crippen LogP contribution in [0.1, 0.15) is 23.0 Å². The summed E-state index contributed by atoms with van der Waals surface area (Å²) in [4.78, 5) is 39.0.